The van der Waals surface area contributed by atoms with E-state index in [1.165, 1.54) is 5.69 Å². The second kappa shape index (κ2) is 4.18. The van der Waals surface area contributed by atoms with Crippen LogP contribution in [0.5, 0.6) is 0 Å². The van der Waals surface area contributed by atoms with E-state index >= 15 is 0 Å². The van der Waals surface area contributed by atoms with E-state index in [-0.39, 0.29) is 0 Å². The van der Waals surface area contributed by atoms with Gasteiger partial charge in [0.25, 0.3) is 0 Å². The van der Waals surface area contributed by atoms with Gasteiger partial charge in [-0.2, -0.15) is 0 Å². The molecule has 0 aliphatic carbocycles. The number of imidazole rings is 1. The smallest absolute Gasteiger partial charge is 0.137 e. The molecule has 0 spiro atoms. The molecule has 84 valence electrons. The van der Waals surface area contributed by atoms with Crippen molar-refractivity contribution in [1.82, 2.24) is 9.38 Å². The summed E-state index contributed by atoms with van der Waals surface area (Å²) in [5.41, 5.74) is 2.20. The zero-order valence-electron chi connectivity index (χ0n) is 8.90. The summed E-state index contributed by atoms with van der Waals surface area (Å²) in [4.78, 5) is 4.67. The van der Waals surface area contributed by atoms with Crippen LogP contribution in [0, 0.1) is 0 Å². The first-order valence-electron chi connectivity index (χ1n) is 5.56. The van der Waals surface area contributed by atoms with E-state index in [0.29, 0.717) is 5.92 Å². The van der Waals surface area contributed by atoms with Crippen LogP contribution >= 0.6 is 15.9 Å². The molecule has 3 rings (SSSR count). The molecule has 2 aromatic heterocycles. The monoisotopic (exact) mass is 280 g/mol. The highest BCUT2D eigenvalue weighted by Crippen LogP contribution is 2.27. The fourth-order valence-electron chi connectivity index (χ4n) is 2.19. The summed E-state index contributed by atoms with van der Waals surface area (Å²) in [6.45, 7) is 1.72. The number of nitrogens with zero attached hydrogens (tertiary/aromatic N) is 2. The van der Waals surface area contributed by atoms with Crippen molar-refractivity contribution >= 4 is 21.6 Å². The molecule has 0 saturated carbocycles. The number of aromatic nitrogens is 2. The van der Waals surface area contributed by atoms with Gasteiger partial charge in [-0.25, -0.2) is 4.98 Å². The van der Waals surface area contributed by atoms with Gasteiger partial charge in [0, 0.05) is 25.3 Å². The minimum atomic E-state index is 0.556. The second-order valence-corrected chi connectivity index (χ2v) is 4.94. The van der Waals surface area contributed by atoms with Crippen molar-refractivity contribution < 1.29 is 4.74 Å². The van der Waals surface area contributed by atoms with Gasteiger partial charge < -0.3 is 4.74 Å². The van der Waals surface area contributed by atoms with Gasteiger partial charge in [0.15, 0.2) is 0 Å². The number of halogens is 1. The highest BCUT2D eigenvalue weighted by atomic mass is 79.9. The minimum Gasteiger partial charge on any atom is -0.381 e. The van der Waals surface area contributed by atoms with Crippen LogP contribution in [0.3, 0.4) is 0 Å². The normalized spacial score (nSPS) is 18.1. The lowest BCUT2D eigenvalue weighted by molar-refractivity contribution is 0.0846. The van der Waals surface area contributed by atoms with E-state index in [1.54, 1.807) is 0 Å². The lowest BCUT2D eigenvalue weighted by Gasteiger charge is -2.19. The molecular weight excluding hydrogens is 268 g/mol. The van der Waals surface area contributed by atoms with Gasteiger partial charge in [-0.15, -0.1) is 0 Å². The number of pyridine rings is 1. The van der Waals surface area contributed by atoms with Gasteiger partial charge in [0.1, 0.15) is 5.65 Å². The molecule has 0 bridgehead atoms. The molecule has 0 unspecified atom stereocenters. The summed E-state index contributed by atoms with van der Waals surface area (Å²) in [5, 5.41) is 0. The molecule has 3 nitrogen and oxygen atoms in total. The summed E-state index contributed by atoms with van der Waals surface area (Å²) in [6, 6.07) is 6.08. The first-order valence-corrected chi connectivity index (χ1v) is 6.35. The van der Waals surface area contributed by atoms with Crippen LogP contribution in [0.4, 0.5) is 0 Å². The Bertz CT molecular complexity index is 503. The lowest BCUT2D eigenvalue weighted by Crippen LogP contribution is -2.14. The summed E-state index contributed by atoms with van der Waals surface area (Å²) in [6.07, 6.45) is 4.30. The van der Waals surface area contributed by atoms with E-state index in [4.69, 9.17) is 4.74 Å². The van der Waals surface area contributed by atoms with Gasteiger partial charge in [-0.1, -0.05) is 6.07 Å². The third kappa shape index (κ3) is 1.76. The largest absolute Gasteiger partial charge is 0.381 e. The Morgan fingerprint density at radius 2 is 2.12 bits per heavy atom. The molecule has 0 aromatic carbocycles. The number of rotatable bonds is 1. The number of fused-ring (bicyclic) bond motifs is 1. The Balaban J connectivity index is 2.01. The number of hydrogen-bond donors (Lipinski definition) is 0. The van der Waals surface area contributed by atoms with Crippen molar-refractivity contribution in [3.05, 3.63) is 34.7 Å². The topological polar surface area (TPSA) is 26.5 Å². The van der Waals surface area contributed by atoms with Crippen molar-refractivity contribution in [3.63, 3.8) is 0 Å². The molecule has 16 heavy (non-hydrogen) atoms. The highest BCUT2D eigenvalue weighted by Gasteiger charge is 2.18. The van der Waals surface area contributed by atoms with Crippen LogP contribution in [-0.4, -0.2) is 22.6 Å². The maximum atomic E-state index is 5.38. The fraction of sp³-hybridized carbons (Fsp3) is 0.417. The summed E-state index contributed by atoms with van der Waals surface area (Å²) < 4.78 is 8.51. The van der Waals surface area contributed by atoms with Crippen LogP contribution < -0.4 is 0 Å². The van der Waals surface area contributed by atoms with Crippen molar-refractivity contribution in [2.75, 3.05) is 13.2 Å². The summed E-state index contributed by atoms with van der Waals surface area (Å²) in [7, 11) is 0. The molecule has 1 aliphatic heterocycles. The highest BCUT2D eigenvalue weighted by molar-refractivity contribution is 9.10. The van der Waals surface area contributed by atoms with Gasteiger partial charge in [0.2, 0.25) is 0 Å². The van der Waals surface area contributed by atoms with Crippen LogP contribution in [0.25, 0.3) is 5.65 Å². The number of hydrogen-bond acceptors (Lipinski definition) is 2. The summed E-state index contributed by atoms with van der Waals surface area (Å²) in [5.74, 6) is 0.556. The first-order chi connectivity index (χ1) is 7.84. The van der Waals surface area contributed by atoms with Crippen LogP contribution in [0.15, 0.2) is 29.0 Å². The van der Waals surface area contributed by atoms with E-state index in [0.717, 1.165) is 36.3 Å². The van der Waals surface area contributed by atoms with Gasteiger partial charge in [-0.05, 0) is 40.9 Å². The van der Waals surface area contributed by atoms with E-state index in [2.05, 4.69) is 31.5 Å². The molecule has 1 fully saturated rings. The van der Waals surface area contributed by atoms with Gasteiger partial charge in [0.05, 0.1) is 10.3 Å². The quantitative estimate of drug-likeness (QED) is 0.751. The maximum Gasteiger partial charge on any atom is 0.137 e. The Hall–Kier alpha value is -0.870. The average Bonchev–Trinajstić information content (AvgIpc) is 2.76. The van der Waals surface area contributed by atoms with Crippen molar-refractivity contribution in [3.8, 4) is 0 Å². The third-order valence-corrected chi connectivity index (χ3v) is 3.75. The first kappa shape index (κ1) is 10.3. The Labute approximate surface area is 103 Å². The molecule has 4 heteroatoms. The predicted octanol–water partition coefficient (Wildman–Crippen LogP) is 2.99. The zero-order valence-corrected chi connectivity index (χ0v) is 10.5. The van der Waals surface area contributed by atoms with E-state index < -0.39 is 0 Å². The zero-order chi connectivity index (χ0) is 11.0. The second-order valence-electron chi connectivity index (χ2n) is 4.13. The molecule has 0 radical (unpaired) electrons. The van der Waals surface area contributed by atoms with Crippen molar-refractivity contribution in [1.29, 1.82) is 0 Å². The molecule has 2 aromatic rings. The molecular formula is C12H13BrN2O. The molecule has 1 aliphatic rings. The van der Waals surface area contributed by atoms with Crippen LogP contribution in [-0.2, 0) is 4.74 Å². The Morgan fingerprint density at radius 1 is 1.31 bits per heavy atom. The van der Waals surface area contributed by atoms with Crippen LogP contribution in [0.1, 0.15) is 24.5 Å². The van der Waals surface area contributed by atoms with E-state index in [9.17, 15) is 0 Å². The number of ether oxygens (including phenoxy) is 1. The lowest BCUT2D eigenvalue weighted by atomic mass is 9.97. The molecule has 0 amide bonds. The molecule has 0 N–H and O–H groups in total. The molecule has 0 atom stereocenters. The van der Waals surface area contributed by atoms with Gasteiger partial charge >= 0.3 is 0 Å². The minimum absolute atomic E-state index is 0.556. The third-order valence-electron chi connectivity index (χ3n) is 3.10. The van der Waals surface area contributed by atoms with E-state index in [1.807, 2.05) is 18.2 Å². The standard InChI is InChI=1S/C12H13BrN2O/c13-11-2-1-3-12-14-10(8-15(11)12)9-4-6-16-7-5-9/h1-3,8-9H,4-7H2. The van der Waals surface area contributed by atoms with Crippen molar-refractivity contribution in [2.45, 2.75) is 18.8 Å². The SMILES string of the molecule is Brc1cccc2nc(C3CCOCC3)cn12. The summed E-state index contributed by atoms with van der Waals surface area (Å²) >= 11 is 3.53. The molecule has 1 saturated heterocycles. The van der Waals surface area contributed by atoms with Crippen molar-refractivity contribution in [2.24, 2.45) is 0 Å². The predicted molar refractivity (Wildman–Crippen MR) is 65.7 cm³/mol. The maximum absolute atomic E-state index is 5.38. The molecule has 3 heterocycles. The van der Waals surface area contributed by atoms with Crippen LogP contribution in [0.2, 0.25) is 0 Å². The fourth-order valence-corrected chi connectivity index (χ4v) is 2.62. The Morgan fingerprint density at radius 3 is 2.88 bits per heavy atom. The van der Waals surface area contributed by atoms with Gasteiger partial charge in [-0.3, -0.25) is 4.40 Å². The average molecular weight is 281 g/mol. The Kier molecular flexibility index (Phi) is 2.69.